The van der Waals surface area contributed by atoms with E-state index in [1.807, 2.05) is 17.0 Å². The number of hydrogen-bond donors (Lipinski definition) is 1. The molecule has 0 aromatic carbocycles. The lowest BCUT2D eigenvalue weighted by Crippen LogP contribution is -2.34. The van der Waals surface area contributed by atoms with Crippen LogP contribution in [-0.2, 0) is 7.05 Å². The second-order valence-electron chi connectivity index (χ2n) is 3.58. The number of aryl methyl sites for hydroxylation is 1. The molecule has 2 heterocycles. The molecule has 0 unspecified atom stereocenters. The van der Waals surface area contributed by atoms with Crippen LogP contribution in [0.4, 0.5) is 0 Å². The van der Waals surface area contributed by atoms with Gasteiger partial charge in [0, 0.05) is 25.5 Å². The fourth-order valence-corrected chi connectivity index (χ4v) is 1.84. The maximum Gasteiger partial charge on any atom is 0.328 e. The number of nitrogens with zero attached hydrogens (tertiary/aromatic N) is 2. The van der Waals surface area contributed by atoms with E-state index >= 15 is 0 Å². The topological polar surface area (TPSA) is 39.0 Å². The van der Waals surface area contributed by atoms with Gasteiger partial charge in [0.25, 0.3) is 0 Å². The number of hydrogen-bond acceptors (Lipinski definition) is 2. The van der Waals surface area contributed by atoms with E-state index in [9.17, 15) is 4.79 Å². The Balaban J connectivity index is 0.000000980. The van der Waals surface area contributed by atoms with Gasteiger partial charge in [-0.15, -0.1) is 12.4 Å². The molecule has 1 aliphatic rings. The normalized spacial score (nSPS) is 17.8. The van der Waals surface area contributed by atoms with E-state index < -0.39 is 0 Å². The van der Waals surface area contributed by atoms with Crippen LogP contribution in [0.5, 0.6) is 0 Å². The average molecular weight is 218 g/mol. The van der Waals surface area contributed by atoms with Crippen LogP contribution in [0.1, 0.15) is 18.9 Å². The maximum absolute atomic E-state index is 11.6. The van der Waals surface area contributed by atoms with Crippen molar-refractivity contribution >= 4 is 12.4 Å². The van der Waals surface area contributed by atoms with E-state index in [2.05, 4.69) is 5.32 Å². The first-order valence-corrected chi connectivity index (χ1v) is 4.73. The Kier molecular flexibility index (Phi) is 3.77. The molecule has 2 rings (SSSR count). The van der Waals surface area contributed by atoms with E-state index in [4.69, 9.17) is 0 Å². The van der Waals surface area contributed by atoms with Crippen LogP contribution in [0.3, 0.4) is 0 Å². The van der Waals surface area contributed by atoms with Gasteiger partial charge in [-0.1, -0.05) is 0 Å². The predicted molar refractivity (Wildman–Crippen MR) is 58.1 cm³/mol. The Hall–Kier alpha value is -0.740. The second-order valence-corrected chi connectivity index (χ2v) is 3.58. The Morgan fingerprint density at radius 1 is 1.36 bits per heavy atom. The molecule has 5 heteroatoms. The smallest absolute Gasteiger partial charge is 0.317 e. The van der Waals surface area contributed by atoms with Crippen molar-refractivity contribution in [2.24, 2.45) is 7.05 Å². The molecule has 0 amide bonds. The van der Waals surface area contributed by atoms with Gasteiger partial charge < -0.3 is 9.88 Å². The molecule has 1 N–H and O–H groups in total. The second kappa shape index (κ2) is 4.66. The zero-order valence-corrected chi connectivity index (χ0v) is 9.09. The van der Waals surface area contributed by atoms with Crippen LogP contribution in [0.25, 0.3) is 0 Å². The van der Waals surface area contributed by atoms with E-state index in [0.29, 0.717) is 6.04 Å². The molecule has 14 heavy (non-hydrogen) atoms. The van der Waals surface area contributed by atoms with Gasteiger partial charge in [-0.05, 0) is 25.9 Å². The summed E-state index contributed by atoms with van der Waals surface area (Å²) in [7, 11) is 1.79. The van der Waals surface area contributed by atoms with E-state index in [0.717, 1.165) is 25.9 Å². The van der Waals surface area contributed by atoms with Crippen molar-refractivity contribution in [3.05, 3.63) is 22.9 Å². The molecule has 1 aliphatic heterocycles. The number of rotatable bonds is 1. The molecule has 1 fully saturated rings. The lowest BCUT2D eigenvalue weighted by Gasteiger charge is -2.22. The zero-order chi connectivity index (χ0) is 9.26. The van der Waals surface area contributed by atoms with Crippen LogP contribution < -0.4 is 11.0 Å². The average Bonchev–Trinajstić information content (AvgIpc) is 2.49. The molecule has 0 radical (unpaired) electrons. The van der Waals surface area contributed by atoms with Gasteiger partial charge in [0.1, 0.15) is 0 Å². The van der Waals surface area contributed by atoms with E-state index in [-0.39, 0.29) is 18.1 Å². The van der Waals surface area contributed by atoms with Gasteiger partial charge in [-0.25, -0.2) is 4.79 Å². The molecule has 4 nitrogen and oxygen atoms in total. The molecule has 0 spiro atoms. The number of nitrogens with one attached hydrogen (secondary N) is 1. The SMILES string of the molecule is Cl.Cn1ccn(C2CCNCC2)c1=O. The van der Waals surface area contributed by atoms with Gasteiger partial charge in [0.2, 0.25) is 0 Å². The standard InChI is InChI=1S/C9H15N3O.ClH/c1-11-6-7-12(9(11)13)8-2-4-10-5-3-8;/h6-8,10H,2-5H2,1H3;1H. The minimum Gasteiger partial charge on any atom is -0.317 e. The van der Waals surface area contributed by atoms with Crippen LogP contribution >= 0.6 is 12.4 Å². The quantitative estimate of drug-likeness (QED) is 0.746. The predicted octanol–water partition coefficient (Wildman–Crippen LogP) is 0.533. The fourth-order valence-electron chi connectivity index (χ4n) is 1.84. The van der Waals surface area contributed by atoms with Crippen LogP contribution in [0.15, 0.2) is 17.2 Å². The first-order chi connectivity index (χ1) is 6.29. The molecule has 1 aromatic heterocycles. The van der Waals surface area contributed by atoms with Gasteiger partial charge >= 0.3 is 5.69 Å². The van der Waals surface area contributed by atoms with Crippen molar-refractivity contribution in [1.82, 2.24) is 14.5 Å². The summed E-state index contributed by atoms with van der Waals surface area (Å²) >= 11 is 0. The molecule has 0 aliphatic carbocycles. The van der Waals surface area contributed by atoms with Gasteiger partial charge in [-0.3, -0.25) is 4.57 Å². The van der Waals surface area contributed by atoms with E-state index in [1.165, 1.54) is 0 Å². The highest BCUT2D eigenvalue weighted by molar-refractivity contribution is 5.85. The van der Waals surface area contributed by atoms with Crippen molar-refractivity contribution in [2.75, 3.05) is 13.1 Å². The molecule has 1 saturated heterocycles. The molecule has 0 bridgehead atoms. The van der Waals surface area contributed by atoms with Crippen LogP contribution in [0, 0.1) is 0 Å². The number of imidazole rings is 1. The van der Waals surface area contributed by atoms with E-state index in [1.54, 1.807) is 11.6 Å². The minimum absolute atomic E-state index is 0. The third-order valence-corrected chi connectivity index (χ3v) is 2.68. The summed E-state index contributed by atoms with van der Waals surface area (Å²) in [5.41, 5.74) is 0.104. The maximum atomic E-state index is 11.6. The van der Waals surface area contributed by atoms with Crippen molar-refractivity contribution in [2.45, 2.75) is 18.9 Å². The fraction of sp³-hybridized carbons (Fsp3) is 0.667. The van der Waals surface area contributed by atoms with Crippen molar-refractivity contribution in [3.63, 3.8) is 0 Å². The number of piperidine rings is 1. The number of halogens is 1. The lowest BCUT2D eigenvalue weighted by atomic mass is 10.1. The molecular weight excluding hydrogens is 202 g/mol. The molecule has 0 atom stereocenters. The zero-order valence-electron chi connectivity index (χ0n) is 8.27. The summed E-state index contributed by atoms with van der Waals surface area (Å²) < 4.78 is 3.48. The number of aromatic nitrogens is 2. The Morgan fingerprint density at radius 3 is 2.50 bits per heavy atom. The van der Waals surface area contributed by atoms with Crippen LogP contribution in [0.2, 0.25) is 0 Å². The minimum atomic E-state index is 0. The third-order valence-electron chi connectivity index (χ3n) is 2.68. The highest BCUT2D eigenvalue weighted by Gasteiger charge is 2.16. The molecular formula is C9H16ClN3O. The van der Waals surface area contributed by atoms with Gasteiger partial charge in [0.05, 0.1) is 0 Å². The lowest BCUT2D eigenvalue weighted by molar-refractivity contribution is 0.359. The Bertz CT molecular complexity index is 338. The Morgan fingerprint density at radius 2 is 2.00 bits per heavy atom. The van der Waals surface area contributed by atoms with Gasteiger partial charge in [-0.2, -0.15) is 0 Å². The van der Waals surface area contributed by atoms with Crippen molar-refractivity contribution in [3.8, 4) is 0 Å². The monoisotopic (exact) mass is 217 g/mol. The first-order valence-electron chi connectivity index (χ1n) is 4.73. The third kappa shape index (κ3) is 2.01. The van der Waals surface area contributed by atoms with Crippen molar-refractivity contribution < 1.29 is 0 Å². The van der Waals surface area contributed by atoms with Gasteiger partial charge in [0.15, 0.2) is 0 Å². The molecule has 80 valence electrons. The largest absolute Gasteiger partial charge is 0.328 e. The summed E-state index contributed by atoms with van der Waals surface area (Å²) in [6.07, 6.45) is 5.83. The summed E-state index contributed by atoms with van der Waals surface area (Å²) in [6.45, 7) is 2.04. The first kappa shape index (κ1) is 11.3. The molecule has 1 aromatic rings. The highest BCUT2D eigenvalue weighted by atomic mass is 35.5. The van der Waals surface area contributed by atoms with Crippen molar-refractivity contribution in [1.29, 1.82) is 0 Å². The summed E-state index contributed by atoms with van der Waals surface area (Å²) in [4.78, 5) is 11.6. The summed E-state index contributed by atoms with van der Waals surface area (Å²) in [6, 6.07) is 0.398. The highest BCUT2D eigenvalue weighted by Crippen LogP contribution is 2.15. The summed E-state index contributed by atoms with van der Waals surface area (Å²) in [5, 5.41) is 3.29. The Labute approximate surface area is 89.3 Å². The summed E-state index contributed by atoms with van der Waals surface area (Å²) in [5.74, 6) is 0. The van der Waals surface area contributed by atoms with Crippen LogP contribution in [-0.4, -0.2) is 22.2 Å². The molecule has 0 saturated carbocycles.